The molecular formula is C15H21N3O2. The van der Waals surface area contributed by atoms with Gasteiger partial charge in [0.25, 0.3) is 0 Å². The van der Waals surface area contributed by atoms with E-state index in [1.807, 2.05) is 31.6 Å². The van der Waals surface area contributed by atoms with Gasteiger partial charge in [0.1, 0.15) is 17.7 Å². The maximum atomic E-state index is 10.2. The zero-order valence-corrected chi connectivity index (χ0v) is 11.8. The standard InChI is InChI=1S/C15H21N3O2/c1-17-8-6-16-15(17)11-18-7-2-4-12(18)10-13(19)14-5-3-9-20-14/h3,5-6,8-9,12-13,19H,2,4,7,10-11H2,1H3. The molecule has 20 heavy (non-hydrogen) atoms. The lowest BCUT2D eigenvalue weighted by molar-refractivity contribution is 0.0984. The molecule has 5 nitrogen and oxygen atoms in total. The molecule has 0 amide bonds. The molecule has 5 heteroatoms. The van der Waals surface area contributed by atoms with Crippen molar-refractivity contribution in [1.82, 2.24) is 14.5 Å². The molecule has 1 aliphatic rings. The van der Waals surface area contributed by atoms with Crippen molar-refractivity contribution in [2.75, 3.05) is 6.54 Å². The van der Waals surface area contributed by atoms with E-state index in [1.165, 1.54) is 6.42 Å². The van der Waals surface area contributed by atoms with E-state index in [0.717, 1.165) is 31.8 Å². The summed E-state index contributed by atoms with van der Waals surface area (Å²) in [7, 11) is 2.02. The molecule has 1 N–H and O–H groups in total. The third-order valence-electron chi connectivity index (χ3n) is 4.13. The van der Waals surface area contributed by atoms with Gasteiger partial charge in [-0.25, -0.2) is 4.98 Å². The Morgan fingerprint density at radius 3 is 3.15 bits per heavy atom. The van der Waals surface area contributed by atoms with E-state index in [9.17, 15) is 5.11 Å². The predicted molar refractivity (Wildman–Crippen MR) is 74.9 cm³/mol. The van der Waals surface area contributed by atoms with Crippen molar-refractivity contribution in [3.8, 4) is 0 Å². The second-order valence-corrected chi connectivity index (χ2v) is 5.49. The summed E-state index contributed by atoms with van der Waals surface area (Å²) < 4.78 is 7.33. The first-order valence-corrected chi connectivity index (χ1v) is 7.16. The predicted octanol–water partition coefficient (Wildman–Crippen LogP) is 2.10. The molecule has 3 rings (SSSR count). The van der Waals surface area contributed by atoms with Gasteiger partial charge in [0.2, 0.25) is 0 Å². The molecule has 3 heterocycles. The van der Waals surface area contributed by atoms with Gasteiger partial charge in [-0.15, -0.1) is 0 Å². The van der Waals surface area contributed by atoms with Crippen molar-refractivity contribution >= 4 is 0 Å². The molecule has 2 aromatic rings. The largest absolute Gasteiger partial charge is 0.467 e. The van der Waals surface area contributed by atoms with Crippen molar-refractivity contribution < 1.29 is 9.52 Å². The Hall–Kier alpha value is -1.59. The van der Waals surface area contributed by atoms with Gasteiger partial charge in [-0.05, 0) is 37.9 Å². The van der Waals surface area contributed by atoms with Crippen molar-refractivity contribution in [2.45, 2.75) is 38.0 Å². The van der Waals surface area contributed by atoms with Crippen LogP contribution in [-0.4, -0.2) is 32.1 Å². The smallest absolute Gasteiger partial charge is 0.132 e. The van der Waals surface area contributed by atoms with Gasteiger partial charge in [-0.2, -0.15) is 0 Å². The highest BCUT2D eigenvalue weighted by molar-refractivity contribution is 5.03. The van der Waals surface area contributed by atoms with Crippen molar-refractivity contribution in [3.63, 3.8) is 0 Å². The second kappa shape index (κ2) is 5.81. The molecule has 2 aromatic heterocycles. The molecule has 1 aliphatic heterocycles. The van der Waals surface area contributed by atoms with E-state index < -0.39 is 6.10 Å². The van der Waals surface area contributed by atoms with Crippen LogP contribution in [0.1, 0.15) is 37.0 Å². The number of hydrogen-bond acceptors (Lipinski definition) is 4. The summed E-state index contributed by atoms with van der Waals surface area (Å²) >= 11 is 0. The van der Waals surface area contributed by atoms with E-state index in [0.29, 0.717) is 11.8 Å². The molecule has 0 spiro atoms. The number of aliphatic hydroxyl groups is 1. The lowest BCUT2D eigenvalue weighted by Gasteiger charge is -2.25. The normalized spacial score (nSPS) is 21.4. The monoisotopic (exact) mass is 275 g/mol. The average Bonchev–Trinajstić information content (AvgIpc) is 3.14. The van der Waals surface area contributed by atoms with Gasteiger partial charge < -0.3 is 14.1 Å². The topological polar surface area (TPSA) is 54.4 Å². The Balaban J connectivity index is 1.62. The Kier molecular flexibility index (Phi) is 3.89. The first-order chi connectivity index (χ1) is 9.74. The maximum absolute atomic E-state index is 10.2. The van der Waals surface area contributed by atoms with Crippen LogP contribution in [0.2, 0.25) is 0 Å². The Labute approximate surface area is 118 Å². The van der Waals surface area contributed by atoms with E-state index in [2.05, 4.69) is 14.5 Å². The van der Waals surface area contributed by atoms with Gasteiger partial charge in [0.15, 0.2) is 0 Å². The quantitative estimate of drug-likeness (QED) is 0.908. The molecular weight excluding hydrogens is 254 g/mol. The fourth-order valence-electron chi connectivity index (χ4n) is 2.96. The average molecular weight is 275 g/mol. The lowest BCUT2D eigenvalue weighted by Crippen LogP contribution is -2.31. The Morgan fingerprint density at radius 1 is 1.55 bits per heavy atom. The third-order valence-corrected chi connectivity index (χ3v) is 4.13. The number of imidazole rings is 1. The molecule has 0 aromatic carbocycles. The minimum atomic E-state index is -0.517. The number of aryl methyl sites for hydroxylation is 1. The zero-order chi connectivity index (χ0) is 13.9. The number of aromatic nitrogens is 2. The molecule has 2 atom stereocenters. The third kappa shape index (κ3) is 2.78. The fraction of sp³-hybridized carbons (Fsp3) is 0.533. The Bertz CT molecular complexity index is 535. The number of hydrogen-bond donors (Lipinski definition) is 1. The highest BCUT2D eigenvalue weighted by Gasteiger charge is 2.28. The summed E-state index contributed by atoms with van der Waals surface area (Å²) in [6.45, 7) is 1.92. The summed E-state index contributed by atoms with van der Waals surface area (Å²) in [5.74, 6) is 1.73. The van der Waals surface area contributed by atoms with Crippen LogP contribution in [0, 0.1) is 0 Å². The molecule has 0 radical (unpaired) electrons. The summed E-state index contributed by atoms with van der Waals surface area (Å²) in [6, 6.07) is 4.05. The first kappa shape index (κ1) is 13.4. The van der Waals surface area contributed by atoms with Gasteiger partial charge in [-0.1, -0.05) is 0 Å². The van der Waals surface area contributed by atoms with Crippen molar-refractivity contribution in [3.05, 3.63) is 42.4 Å². The van der Waals surface area contributed by atoms with Crippen LogP contribution in [-0.2, 0) is 13.6 Å². The minimum absolute atomic E-state index is 0.395. The minimum Gasteiger partial charge on any atom is -0.467 e. The highest BCUT2D eigenvalue weighted by atomic mass is 16.4. The number of likely N-dealkylation sites (tertiary alicyclic amines) is 1. The van der Waals surface area contributed by atoms with Crippen LogP contribution in [0.3, 0.4) is 0 Å². The number of nitrogens with zero attached hydrogens (tertiary/aromatic N) is 3. The van der Waals surface area contributed by atoms with Crippen LogP contribution in [0.25, 0.3) is 0 Å². The summed E-state index contributed by atoms with van der Waals surface area (Å²) in [5, 5.41) is 10.2. The molecule has 1 saturated heterocycles. The molecule has 0 aliphatic carbocycles. The summed E-state index contributed by atoms with van der Waals surface area (Å²) in [6.07, 6.45) is 7.92. The second-order valence-electron chi connectivity index (χ2n) is 5.49. The number of aliphatic hydroxyl groups excluding tert-OH is 1. The van der Waals surface area contributed by atoms with Gasteiger partial charge in [-0.3, -0.25) is 4.90 Å². The molecule has 1 fully saturated rings. The summed E-state index contributed by atoms with van der Waals surface area (Å²) in [5.41, 5.74) is 0. The van der Waals surface area contributed by atoms with Crippen LogP contribution in [0.15, 0.2) is 35.2 Å². The van der Waals surface area contributed by atoms with Crippen LogP contribution < -0.4 is 0 Å². The Morgan fingerprint density at radius 2 is 2.45 bits per heavy atom. The zero-order valence-electron chi connectivity index (χ0n) is 11.8. The highest BCUT2D eigenvalue weighted by Crippen LogP contribution is 2.28. The van der Waals surface area contributed by atoms with Crippen LogP contribution in [0.4, 0.5) is 0 Å². The summed E-state index contributed by atoms with van der Waals surface area (Å²) in [4.78, 5) is 6.79. The number of furan rings is 1. The van der Waals surface area contributed by atoms with E-state index in [1.54, 1.807) is 6.26 Å². The van der Waals surface area contributed by atoms with Crippen LogP contribution in [0.5, 0.6) is 0 Å². The first-order valence-electron chi connectivity index (χ1n) is 7.16. The van der Waals surface area contributed by atoms with Gasteiger partial charge in [0.05, 0.1) is 12.8 Å². The fourth-order valence-corrected chi connectivity index (χ4v) is 2.96. The van der Waals surface area contributed by atoms with E-state index >= 15 is 0 Å². The molecule has 2 unspecified atom stereocenters. The lowest BCUT2D eigenvalue weighted by atomic mass is 10.1. The number of rotatable bonds is 5. The molecule has 0 saturated carbocycles. The van der Waals surface area contributed by atoms with Crippen molar-refractivity contribution in [1.29, 1.82) is 0 Å². The maximum Gasteiger partial charge on any atom is 0.132 e. The molecule has 0 bridgehead atoms. The van der Waals surface area contributed by atoms with E-state index in [-0.39, 0.29) is 0 Å². The molecule has 108 valence electrons. The van der Waals surface area contributed by atoms with Crippen molar-refractivity contribution in [2.24, 2.45) is 7.05 Å². The van der Waals surface area contributed by atoms with E-state index in [4.69, 9.17) is 4.42 Å². The van der Waals surface area contributed by atoms with Crippen LogP contribution >= 0.6 is 0 Å². The van der Waals surface area contributed by atoms with Gasteiger partial charge >= 0.3 is 0 Å². The SMILES string of the molecule is Cn1ccnc1CN1CCCC1CC(O)c1ccco1. The van der Waals surface area contributed by atoms with Gasteiger partial charge in [0, 0.05) is 25.5 Å².